The second-order valence-corrected chi connectivity index (χ2v) is 8.53. The van der Waals surface area contributed by atoms with Gasteiger partial charge >= 0.3 is 5.97 Å². The van der Waals surface area contributed by atoms with Crippen molar-refractivity contribution < 1.29 is 19.1 Å². The Bertz CT molecular complexity index is 1150. The number of benzene rings is 2. The Labute approximate surface area is 180 Å². The fraction of sp³-hybridized carbons (Fsp3) is 0.240. The maximum atomic E-state index is 13.0. The van der Waals surface area contributed by atoms with Crippen molar-refractivity contribution in [3.05, 3.63) is 88.5 Å². The van der Waals surface area contributed by atoms with Gasteiger partial charge < -0.3 is 15.2 Å². The van der Waals surface area contributed by atoms with Gasteiger partial charge in [0.25, 0.3) is 0 Å². The zero-order valence-corrected chi connectivity index (χ0v) is 17.3. The molecule has 2 aromatic carbocycles. The van der Waals surface area contributed by atoms with Crippen LogP contribution < -0.4 is 10.5 Å². The molecule has 2 aromatic rings. The molecule has 1 unspecified atom stereocenters. The lowest BCUT2D eigenvalue weighted by Crippen LogP contribution is -2.33. The maximum Gasteiger partial charge on any atom is 0.343 e. The van der Waals surface area contributed by atoms with Crippen LogP contribution in [-0.2, 0) is 9.53 Å². The third-order valence-electron chi connectivity index (χ3n) is 5.51. The predicted molar refractivity (Wildman–Crippen MR) is 114 cm³/mol. The van der Waals surface area contributed by atoms with E-state index in [0.29, 0.717) is 41.1 Å². The monoisotopic (exact) mass is 414 g/mol. The third-order valence-corrected chi connectivity index (χ3v) is 5.51. The number of hydrogen-bond donors (Lipinski definition) is 1. The van der Waals surface area contributed by atoms with E-state index in [0.717, 1.165) is 0 Å². The number of ether oxygens (including phenoxy) is 2. The molecule has 0 radical (unpaired) electrons. The van der Waals surface area contributed by atoms with E-state index in [1.165, 1.54) is 0 Å². The van der Waals surface area contributed by atoms with E-state index < -0.39 is 11.9 Å². The van der Waals surface area contributed by atoms with Gasteiger partial charge in [0.05, 0.1) is 11.5 Å². The molecule has 1 heterocycles. The van der Waals surface area contributed by atoms with Crippen LogP contribution in [0.1, 0.15) is 48.5 Å². The number of nitrogens with zero attached hydrogens (tertiary/aromatic N) is 1. The highest BCUT2D eigenvalue weighted by molar-refractivity contribution is 6.00. The molecule has 1 atom stereocenters. The van der Waals surface area contributed by atoms with Gasteiger partial charge in [-0.1, -0.05) is 44.2 Å². The smallest absolute Gasteiger partial charge is 0.343 e. The lowest BCUT2D eigenvalue weighted by molar-refractivity contribution is -0.119. The van der Waals surface area contributed by atoms with Crippen LogP contribution in [0.5, 0.6) is 5.75 Å². The van der Waals surface area contributed by atoms with Crippen molar-refractivity contribution in [3.8, 4) is 11.8 Å². The molecule has 31 heavy (non-hydrogen) atoms. The molecule has 0 saturated carbocycles. The summed E-state index contributed by atoms with van der Waals surface area (Å²) < 4.78 is 11.1. The Morgan fingerprint density at radius 1 is 1.13 bits per heavy atom. The lowest BCUT2D eigenvalue weighted by Gasteiger charge is -2.37. The number of ketones is 1. The van der Waals surface area contributed by atoms with Gasteiger partial charge in [-0.25, -0.2) is 4.79 Å². The number of rotatable bonds is 3. The molecular formula is C25H22N2O4. The molecule has 2 N–H and O–H groups in total. The number of allylic oxidation sites excluding steroid dienone is 3. The van der Waals surface area contributed by atoms with Crippen molar-refractivity contribution in [2.45, 2.75) is 32.6 Å². The first-order chi connectivity index (χ1) is 14.8. The Hall–Kier alpha value is -3.85. The van der Waals surface area contributed by atoms with Crippen LogP contribution in [0.25, 0.3) is 0 Å². The molecule has 0 spiro atoms. The number of carbonyl (C=O) groups excluding carboxylic acids is 2. The van der Waals surface area contributed by atoms with Gasteiger partial charge in [0, 0.05) is 18.4 Å². The molecule has 2 aliphatic rings. The van der Waals surface area contributed by atoms with Gasteiger partial charge in [0.1, 0.15) is 23.2 Å². The molecule has 1 aliphatic carbocycles. The van der Waals surface area contributed by atoms with E-state index >= 15 is 0 Å². The molecular weight excluding hydrogens is 392 g/mol. The number of carbonyl (C=O) groups is 2. The van der Waals surface area contributed by atoms with Crippen LogP contribution in [0.3, 0.4) is 0 Å². The molecule has 6 nitrogen and oxygen atoms in total. The van der Waals surface area contributed by atoms with E-state index in [-0.39, 0.29) is 22.7 Å². The minimum Gasteiger partial charge on any atom is -0.444 e. The number of Topliss-reactive ketones (excluding diaryl/α,β-unsaturated/α-hetero) is 1. The minimum absolute atomic E-state index is 0.0244. The number of esters is 1. The van der Waals surface area contributed by atoms with Crippen molar-refractivity contribution >= 4 is 11.8 Å². The van der Waals surface area contributed by atoms with Gasteiger partial charge in [-0.2, -0.15) is 5.26 Å². The molecule has 156 valence electrons. The first-order valence-electron chi connectivity index (χ1n) is 10.00. The van der Waals surface area contributed by atoms with E-state index in [1.54, 1.807) is 48.5 Å². The highest BCUT2D eigenvalue weighted by Crippen LogP contribution is 2.47. The number of hydrogen-bond acceptors (Lipinski definition) is 6. The quantitative estimate of drug-likeness (QED) is 0.591. The van der Waals surface area contributed by atoms with Crippen molar-refractivity contribution in [2.24, 2.45) is 11.1 Å². The Morgan fingerprint density at radius 3 is 2.45 bits per heavy atom. The molecule has 0 saturated heterocycles. The van der Waals surface area contributed by atoms with Crippen LogP contribution in [0.4, 0.5) is 0 Å². The summed E-state index contributed by atoms with van der Waals surface area (Å²) in [6, 6.07) is 17.6. The Morgan fingerprint density at radius 2 is 1.81 bits per heavy atom. The Balaban J connectivity index is 1.66. The largest absolute Gasteiger partial charge is 0.444 e. The molecule has 0 amide bonds. The second kappa shape index (κ2) is 7.77. The highest BCUT2D eigenvalue weighted by atomic mass is 16.5. The topological polar surface area (TPSA) is 102 Å². The maximum absolute atomic E-state index is 13.0. The molecule has 0 bridgehead atoms. The van der Waals surface area contributed by atoms with Crippen LogP contribution in [-0.4, -0.2) is 11.8 Å². The van der Waals surface area contributed by atoms with Gasteiger partial charge in [0.2, 0.25) is 5.88 Å². The van der Waals surface area contributed by atoms with Crippen LogP contribution in [0.2, 0.25) is 0 Å². The van der Waals surface area contributed by atoms with Crippen molar-refractivity contribution in [2.75, 3.05) is 0 Å². The van der Waals surface area contributed by atoms with E-state index in [4.69, 9.17) is 15.2 Å². The summed E-state index contributed by atoms with van der Waals surface area (Å²) in [5.74, 6) is -0.188. The fourth-order valence-electron chi connectivity index (χ4n) is 4.09. The summed E-state index contributed by atoms with van der Waals surface area (Å²) >= 11 is 0. The molecule has 6 heteroatoms. The zero-order chi connectivity index (χ0) is 22.2. The van der Waals surface area contributed by atoms with E-state index in [1.807, 2.05) is 19.9 Å². The lowest BCUT2D eigenvalue weighted by atomic mass is 9.70. The highest BCUT2D eigenvalue weighted by Gasteiger charge is 2.42. The zero-order valence-electron chi connectivity index (χ0n) is 17.3. The summed E-state index contributed by atoms with van der Waals surface area (Å²) in [7, 11) is 0. The molecule has 1 aliphatic heterocycles. The van der Waals surface area contributed by atoms with Crippen molar-refractivity contribution in [1.29, 1.82) is 5.26 Å². The van der Waals surface area contributed by atoms with Crippen molar-refractivity contribution in [3.63, 3.8) is 0 Å². The minimum atomic E-state index is -0.601. The summed E-state index contributed by atoms with van der Waals surface area (Å²) in [4.78, 5) is 25.3. The summed E-state index contributed by atoms with van der Waals surface area (Å²) in [6.07, 6.45) is 0.938. The van der Waals surface area contributed by atoms with Crippen LogP contribution in [0.15, 0.2) is 77.4 Å². The molecule has 0 aromatic heterocycles. The number of nitrogens with two attached hydrogens (primary N) is 1. The molecule has 0 fully saturated rings. The second-order valence-electron chi connectivity index (χ2n) is 8.53. The molecule has 4 rings (SSSR count). The van der Waals surface area contributed by atoms with Crippen LogP contribution >= 0.6 is 0 Å². The van der Waals surface area contributed by atoms with E-state index in [2.05, 4.69) is 6.07 Å². The van der Waals surface area contributed by atoms with E-state index in [9.17, 15) is 14.9 Å². The summed E-state index contributed by atoms with van der Waals surface area (Å²) in [5.41, 5.74) is 7.66. The van der Waals surface area contributed by atoms with Crippen molar-refractivity contribution in [1.82, 2.24) is 0 Å². The number of nitriles is 1. The van der Waals surface area contributed by atoms with Gasteiger partial charge in [-0.3, -0.25) is 4.79 Å². The summed E-state index contributed by atoms with van der Waals surface area (Å²) in [5, 5.41) is 9.70. The third kappa shape index (κ3) is 3.95. The Kier molecular flexibility index (Phi) is 5.12. The van der Waals surface area contributed by atoms with Gasteiger partial charge in [0.15, 0.2) is 5.78 Å². The van der Waals surface area contributed by atoms with Crippen LogP contribution in [0, 0.1) is 16.7 Å². The average molecular weight is 414 g/mol. The normalized spacial score (nSPS) is 19.9. The standard InChI is InChI=1S/C25H22N2O4/c1-25(2)12-19(28)22-20(13-25)31-23(27)18(14-26)21(22)15-8-10-17(11-9-15)30-24(29)16-6-4-3-5-7-16/h3-11,21H,12-13,27H2,1-2H3. The first kappa shape index (κ1) is 20.4. The SMILES string of the molecule is CC1(C)CC(=O)C2=C(C1)OC(N)=C(C#N)C2c1ccc(OC(=O)c2ccccc2)cc1. The summed E-state index contributed by atoms with van der Waals surface area (Å²) in [6.45, 7) is 4.01. The average Bonchev–Trinajstić information content (AvgIpc) is 2.73. The fourth-order valence-corrected chi connectivity index (χ4v) is 4.09. The van der Waals surface area contributed by atoms with Gasteiger partial charge in [-0.05, 0) is 35.2 Å². The van der Waals surface area contributed by atoms with Gasteiger partial charge in [-0.15, -0.1) is 0 Å². The first-order valence-corrected chi connectivity index (χ1v) is 10.00. The predicted octanol–water partition coefficient (Wildman–Crippen LogP) is 4.36.